The molecule has 0 fully saturated rings. The number of rotatable bonds is 44. The van der Waals surface area contributed by atoms with Gasteiger partial charge in [-0.05, 0) is 38.5 Å². The molecule has 0 aliphatic carbocycles. The van der Waals surface area contributed by atoms with Crippen molar-refractivity contribution in [2.24, 2.45) is 0 Å². The maximum absolute atomic E-state index is 12.7. The predicted octanol–water partition coefficient (Wildman–Crippen LogP) is 13.2. The topological polar surface area (TPSA) is 94.1 Å². The SMILES string of the molecule is CCCCCCCCCC/C=C\CCCCCCCCCC(=O)O[C@H](COCCCCCCCCCCCCCCCC)COP(=O)([O-])OCC[N+](C)(C)C. The molecule has 0 amide bonds. The van der Waals surface area contributed by atoms with Crippen molar-refractivity contribution in [3.8, 4) is 0 Å². The van der Waals surface area contributed by atoms with E-state index in [1.165, 1.54) is 167 Å². The summed E-state index contributed by atoms with van der Waals surface area (Å²) in [5.41, 5.74) is 0. The fourth-order valence-corrected chi connectivity index (χ4v) is 7.39. The summed E-state index contributed by atoms with van der Waals surface area (Å²) in [7, 11) is 1.37. The van der Waals surface area contributed by atoms with Crippen LogP contribution in [-0.2, 0) is 27.9 Å². The van der Waals surface area contributed by atoms with Crippen molar-refractivity contribution in [2.45, 2.75) is 225 Å². The lowest BCUT2D eigenvalue weighted by Gasteiger charge is -2.28. The third-order valence-corrected chi connectivity index (χ3v) is 11.3. The first-order chi connectivity index (χ1) is 26.6. The number of esters is 1. The van der Waals surface area contributed by atoms with Gasteiger partial charge in [0, 0.05) is 13.0 Å². The number of likely N-dealkylation sites (N-methyl/N-ethyl adjacent to an activating group) is 1. The van der Waals surface area contributed by atoms with Crippen molar-refractivity contribution in [2.75, 3.05) is 54.1 Å². The lowest BCUT2D eigenvalue weighted by molar-refractivity contribution is -0.870. The highest BCUT2D eigenvalue weighted by atomic mass is 31.2. The molecule has 1 unspecified atom stereocenters. The number of unbranched alkanes of at least 4 members (excludes halogenated alkanes) is 28. The number of hydrogen-bond donors (Lipinski definition) is 0. The number of quaternary nitrogens is 1. The van der Waals surface area contributed by atoms with Gasteiger partial charge in [-0.15, -0.1) is 0 Å². The largest absolute Gasteiger partial charge is 0.756 e. The highest BCUT2D eigenvalue weighted by Crippen LogP contribution is 2.38. The highest BCUT2D eigenvalue weighted by molar-refractivity contribution is 7.45. The van der Waals surface area contributed by atoms with Crippen LogP contribution in [0.4, 0.5) is 0 Å². The molecule has 0 radical (unpaired) electrons. The summed E-state index contributed by atoms with van der Waals surface area (Å²) in [6, 6.07) is 0. The molecule has 0 spiro atoms. The number of carbonyl (C=O) groups is 1. The Morgan fingerprint density at radius 2 is 0.945 bits per heavy atom. The third kappa shape index (κ3) is 44.2. The van der Waals surface area contributed by atoms with E-state index in [-0.39, 0.29) is 25.8 Å². The van der Waals surface area contributed by atoms with Crippen molar-refractivity contribution < 1.29 is 37.3 Å². The first-order valence-corrected chi connectivity index (χ1v) is 24.9. The Morgan fingerprint density at radius 1 is 0.545 bits per heavy atom. The third-order valence-electron chi connectivity index (χ3n) is 10.3. The van der Waals surface area contributed by atoms with Gasteiger partial charge in [0.2, 0.25) is 0 Å². The Bertz CT molecular complexity index is 894. The van der Waals surface area contributed by atoms with E-state index in [0.717, 1.165) is 32.1 Å². The maximum atomic E-state index is 12.7. The Balaban J connectivity index is 4.17. The fraction of sp³-hybridized carbons (Fsp3) is 0.935. The Labute approximate surface area is 341 Å². The van der Waals surface area contributed by atoms with E-state index in [4.69, 9.17) is 18.5 Å². The number of nitrogens with zero attached hydrogens (tertiary/aromatic N) is 1. The molecule has 0 aromatic carbocycles. The average molecular weight is 802 g/mol. The van der Waals surface area contributed by atoms with E-state index in [1.807, 2.05) is 21.1 Å². The molecule has 0 rings (SSSR count). The zero-order valence-electron chi connectivity index (χ0n) is 37.1. The standard InChI is InChI=1S/C46H92NO7P/c1-6-8-10-12-14-16-18-20-22-23-24-25-26-27-29-31-33-35-37-39-46(48)54-45(44-53-55(49,50)52-42-40-47(3,4)5)43-51-41-38-36-34-32-30-28-21-19-17-15-13-11-9-7-2/h23-24,45H,6-22,25-44H2,1-5H3/b24-23-/t45-/m1/s1. The minimum absolute atomic E-state index is 0.0286. The van der Waals surface area contributed by atoms with Crippen LogP contribution in [0.2, 0.25) is 0 Å². The minimum Gasteiger partial charge on any atom is -0.756 e. The molecule has 0 saturated carbocycles. The normalized spacial score (nSPS) is 13.8. The van der Waals surface area contributed by atoms with Gasteiger partial charge < -0.3 is 27.9 Å². The van der Waals surface area contributed by atoms with Crippen LogP contribution in [0.3, 0.4) is 0 Å². The molecule has 55 heavy (non-hydrogen) atoms. The van der Waals surface area contributed by atoms with Gasteiger partial charge in [-0.2, -0.15) is 0 Å². The fourth-order valence-electron chi connectivity index (χ4n) is 6.66. The molecule has 0 bridgehead atoms. The molecule has 0 saturated heterocycles. The van der Waals surface area contributed by atoms with Crippen molar-refractivity contribution in [3.63, 3.8) is 0 Å². The summed E-state index contributed by atoms with van der Waals surface area (Å²) in [5.74, 6) is -0.334. The van der Waals surface area contributed by atoms with Crippen LogP contribution in [0.25, 0.3) is 0 Å². The Hall–Kier alpha value is -0.760. The summed E-state index contributed by atoms with van der Waals surface area (Å²) in [6.07, 6.45) is 43.6. The van der Waals surface area contributed by atoms with E-state index in [9.17, 15) is 14.3 Å². The molecule has 0 aromatic rings. The number of phosphoric ester groups is 1. The second kappa shape index (κ2) is 40.0. The Kier molecular flexibility index (Phi) is 39.5. The number of hydrogen-bond acceptors (Lipinski definition) is 7. The molecular formula is C46H92NO7P. The zero-order valence-corrected chi connectivity index (χ0v) is 38.0. The van der Waals surface area contributed by atoms with Crippen LogP contribution in [0, 0.1) is 0 Å². The van der Waals surface area contributed by atoms with Crippen LogP contribution < -0.4 is 4.89 Å². The van der Waals surface area contributed by atoms with E-state index < -0.39 is 13.9 Å². The first kappa shape index (κ1) is 54.2. The first-order valence-electron chi connectivity index (χ1n) is 23.4. The van der Waals surface area contributed by atoms with E-state index in [2.05, 4.69) is 26.0 Å². The van der Waals surface area contributed by atoms with Crippen LogP contribution in [0.1, 0.15) is 219 Å². The molecule has 9 heteroatoms. The smallest absolute Gasteiger partial charge is 0.306 e. The van der Waals surface area contributed by atoms with Gasteiger partial charge in [-0.3, -0.25) is 9.36 Å². The average Bonchev–Trinajstić information content (AvgIpc) is 3.13. The van der Waals surface area contributed by atoms with Gasteiger partial charge in [0.25, 0.3) is 7.82 Å². The van der Waals surface area contributed by atoms with Crippen molar-refractivity contribution in [1.29, 1.82) is 0 Å². The molecule has 328 valence electrons. The van der Waals surface area contributed by atoms with Gasteiger partial charge in [0.1, 0.15) is 19.3 Å². The monoisotopic (exact) mass is 802 g/mol. The molecular weight excluding hydrogens is 709 g/mol. The lowest BCUT2D eigenvalue weighted by Crippen LogP contribution is -2.37. The molecule has 0 aromatic heterocycles. The number of allylic oxidation sites excluding steroid dienone is 2. The van der Waals surface area contributed by atoms with Gasteiger partial charge in [-0.1, -0.05) is 187 Å². The molecule has 0 N–H and O–H groups in total. The summed E-state index contributed by atoms with van der Waals surface area (Å²) in [4.78, 5) is 25.1. The van der Waals surface area contributed by atoms with E-state index in [1.54, 1.807) is 0 Å². The molecule has 0 aliphatic rings. The quantitative estimate of drug-likeness (QED) is 0.0199. The summed E-state index contributed by atoms with van der Waals surface area (Å²) < 4.78 is 34.6. The molecule has 0 heterocycles. The van der Waals surface area contributed by atoms with Crippen LogP contribution in [0.15, 0.2) is 12.2 Å². The van der Waals surface area contributed by atoms with Crippen LogP contribution in [-0.4, -0.2) is 70.7 Å². The van der Waals surface area contributed by atoms with Gasteiger partial charge in [-0.25, -0.2) is 0 Å². The van der Waals surface area contributed by atoms with E-state index in [0.29, 0.717) is 24.1 Å². The molecule has 2 atom stereocenters. The van der Waals surface area contributed by atoms with Crippen molar-refractivity contribution in [3.05, 3.63) is 12.2 Å². The number of phosphoric acid groups is 1. The second-order valence-corrected chi connectivity index (χ2v) is 18.5. The lowest BCUT2D eigenvalue weighted by atomic mass is 10.0. The van der Waals surface area contributed by atoms with Gasteiger partial charge in [0.05, 0.1) is 34.4 Å². The number of ether oxygens (including phenoxy) is 2. The van der Waals surface area contributed by atoms with Crippen LogP contribution in [0.5, 0.6) is 0 Å². The summed E-state index contributed by atoms with van der Waals surface area (Å²) >= 11 is 0. The molecule has 8 nitrogen and oxygen atoms in total. The highest BCUT2D eigenvalue weighted by Gasteiger charge is 2.20. The maximum Gasteiger partial charge on any atom is 0.306 e. The van der Waals surface area contributed by atoms with Crippen molar-refractivity contribution in [1.82, 2.24) is 0 Å². The van der Waals surface area contributed by atoms with Crippen molar-refractivity contribution >= 4 is 13.8 Å². The predicted molar refractivity (Wildman–Crippen MR) is 231 cm³/mol. The van der Waals surface area contributed by atoms with Crippen LogP contribution >= 0.6 is 7.82 Å². The number of carbonyl (C=O) groups excluding carboxylic acids is 1. The van der Waals surface area contributed by atoms with Gasteiger partial charge >= 0.3 is 5.97 Å². The molecule has 0 aliphatic heterocycles. The summed E-state index contributed by atoms with van der Waals surface area (Å²) in [6.45, 7) is 5.45. The van der Waals surface area contributed by atoms with E-state index >= 15 is 0 Å². The zero-order chi connectivity index (χ0) is 40.6. The second-order valence-electron chi connectivity index (χ2n) is 17.1. The van der Waals surface area contributed by atoms with Gasteiger partial charge in [0.15, 0.2) is 0 Å². The Morgan fingerprint density at radius 3 is 1.38 bits per heavy atom. The minimum atomic E-state index is -4.52. The summed E-state index contributed by atoms with van der Waals surface area (Å²) in [5, 5.41) is 0.